The molecule has 0 unspecified atom stereocenters. The predicted octanol–water partition coefficient (Wildman–Crippen LogP) is 1.87. The number of hydrogen-bond acceptors (Lipinski definition) is 4. The maximum atomic E-state index is 13.3. The summed E-state index contributed by atoms with van der Waals surface area (Å²) in [5.74, 6) is -0.411. The number of rotatable bonds is 3. The molecule has 0 aliphatic rings. The summed E-state index contributed by atoms with van der Waals surface area (Å²) in [7, 11) is 0. The average molecular weight is 330 g/mol. The number of hydrogen-bond donors (Lipinski definition) is 1. The summed E-state index contributed by atoms with van der Waals surface area (Å²) in [4.78, 5) is 1.43. The van der Waals surface area contributed by atoms with E-state index < -0.39 is 5.82 Å². The van der Waals surface area contributed by atoms with Gasteiger partial charge in [-0.25, -0.2) is 4.39 Å². The second-order valence-electron chi connectivity index (χ2n) is 3.00. The van der Waals surface area contributed by atoms with Crippen molar-refractivity contribution in [3.63, 3.8) is 0 Å². The first-order valence-electron chi connectivity index (χ1n) is 4.33. The van der Waals surface area contributed by atoms with Crippen molar-refractivity contribution in [3.05, 3.63) is 21.5 Å². The summed E-state index contributed by atoms with van der Waals surface area (Å²) in [6, 6.07) is 6.54. The van der Waals surface area contributed by atoms with Crippen LogP contribution in [-0.4, -0.2) is 13.1 Å². The largest absolute Gasteiger partial charge is 0.397 e. The Balaban J connectivity index is 3.15. The molecule has 0 fully saturated rings. The lowest BCUT2D eigenvalue weighted by molar-refractivity contribution is 0.620. The molecule has 0 radical (unpaired) electrons. The van der Waals surface area contributed by atoms with Gasteiger partial charge in [-0.2, -0.15) is 10.5 Å². The monoisotopic (exact) mass is 330 g/mol. The molecule has 0 aliphatic carbocycles. The quantitative estimate of drug-likeness (QED) is 0.521. The summed E-state index contributed by atoms with van der Waals surface area (Å²) < 4.78 is 13.8. The van der Waals surface area contributed by atoms with Crippen molar-refractivity contribution in [3.8, 4) is 12.1 Å². The maximum Gasteiger partial charge on any atom is 0.138 e. The van der Waals surface area contributed by atoms with E-state index in [-0.39, 0.29) is 13.1 Å². The van der Waals surface area contributed by atoms with Crippen LogP contribution in [0.2, 0.25) is 0 Å². The highest BCUT2D eigenvalue weighted by Crippen LogP contribution is 2.27. The maximum absolute atomic E-state index is 13.3. The van der Waals surface area contributed by atoms with Gasteiger partial charge in [0.2, 0.25) is 0 Å². The Bertz CT molecular complexity index is 459. The van der Waals surface area contributed by atoms with Gasteiger partial charge < -0.3 is 10.6 Å². The van der Waals surface area contributed by atoms with Crippen molar-refractivity contribution in [2.45, 2.75) is 0 Å². The lowest BCUT2D eigenvalue weighted by Crippen LogP contribution is -2.25. The third kappa shape index (κ3) is 2.74. The molecule has 0 amide bonds. The summed E-state index contributed by atoms with van der Waals surface area (Å²) in [6.07, 6.45) is 0. The Morgan fingerprint density at radius 1 is 1.31 bits per heavy atom. The van der Waals surface area contributed by atoms with Gasteiger partial charge in [0.1, 0.15) is 18.9 Å². The highest BCUT2D eigenvalue weighted by molar-refractivity contribution is 14.1. The molecule has 0 saturated carbocycles. The van der Waals surface area contributed by atoms with Crippen LogP contribution in [0.1, 0.15) is 0 Å². The highest BCUT2D eigenvalue weighted by atomic mass is 127. The number of nitriles is 2. The predicted molar refractivity (Wildman–Crippen MR) is 67.0 cm³/mol. The Labute approximate surface area is 106 Å². The van der Waals surface area contributed by atoms with Crippen LogP contribution in [0.4, 0.5) is 15.8 Å². The molecule has 1 aromatic carbocycles. The molecule has 0 bridgehead atoms. The third-order valence-corrected chi connectivity index (χ3v) is 2.76. The van der Waals surface area contributed by atoms with Gasteiger partial charge in [-0.15, -0.1) is 0 Å². The van der Waals surface area contributed by atoms with Crippen LogP contribution in [-0.2, 0) is 0 Å². The molecule has 1 rings (SSSR count). The van der Waals surface area contributed by atoms with Crippen LogP contribution in [0.25, 0.3) is 0 Å². The Morgan fingerprint density at radius 3 is 2.38 bits per heavy atom. The molecular weight excluding hydrogens is 322 g/mol. The number of nitrogen functional groups attached to an aromatic ring is 1. The van der Waals surface area contributed by atoms with Crippen molar-refractivity contribution in [2.75, 3.05) is 23.7 Å². The van der Waals surface area contributed by atoms with Crippen molar-refractivity contribution >= 4 is 34.0 Å². The van der Waals surface area contributed by atoms with Crippen LogP contribution in [0.15, 0.2) is 12.1 Å². The molecule has 0 atom stereocenters. The average Bonchev–Trinajstić information content (AvgIpc) is 2.23. The molecule has 4 nitrogen and oxygen atoms in total. The van der Waals surface area contributed by atoms with Gasteiger partial charge in [0.05, 0.1) is 27.1 Å². The minimum Gasteiger partial charge on any atom is -0.397 e. The number of nitrogens with two attached hydrogens (primary N) is 1. The van der Waals surface area contributed by atoms with Crippen molar-refractivity contribution in [1.82, 2.24) is 0 Å². The van der Waals surface area contributed by atoms with Crippen molar-refractivity contribution in [1.29, 1.82) is 10.5 Å². The zero-order valence-electron chi connectivity index (χ0n) is 8.24. The molecule has 82 valence electrons. The zero-order chi connectivity index (χ0) is 12.1. The lowest BCUT2D eigenvalue weighted by Gasteiger charge is -2.20. The van der Waals surface area contributed by atoms with E-state index in [1.165, 1.54) is 17.0 Å². The minimum absolute atomic E-state index is 0.00219. The van der Waals surface area contributed by atoms with Gasteiger partial charge in [-0.05, 0) is 28.7 Å². The van der Waals surface area contributed by atoms with Gasteiger partial charge in [0.15, 0.2) is 0 Å². The Hall–Kier alpha value is -1.54. The fourth-order valence-corrected chi connectivity index (χ4v) is 1.71. The number of nitrogens with zero attached hydrogens (tertiary/aromatic N) is 3. The first-order chi connectivity index (χ1) is 7.60. The second-order valence-corrected chi connectivity index (χ2v) is 4.16. The highest BCUT2D eigenvalue weighted by Gasteiger charge is 2.12. The SMILES string of the molecule is N#CCN(CC#N)c1cc(F)c(I)cc1N. The van der Waals surface area contributed by atoms with Gasteiger partial charge in [-0.1, -0.05) is 0 Å². The number of anilines is 2. The lowest BCUT2D eigenvalue weighted by atomic mass is 10.2. The molecule has 2 N–H and O–H groups in total. The minimum atomic E-state index is -0.411. The van der Waals surface area contributed by atoms with Crippen molar-refractivity contribution in [2.24, 2.45) is 0 Å². The van der Waals surface area contributed by atoms with E-state index >= 15 is 0 Å². The summed E-state index contributed by atoms with van der Waals surface area (Å²) in [6.45, 7) is -0.00438. The standard InChI is InChI=1S/C10H8FIN4/c11-7-5-10(9(15)6-8(7)12)16(3-1-13)4-2-14/h5-6H,3-4,15H2. The third-order valence-electron chi connectivity index (χ3n) is 1.93. The normalized spacial score (nSPS) is 9.25. The van der Waals surface area contributed by atoms with Crippen molar-refractivity contribution < 1.29 is 4.39 Å². The van der Waals surface area contributed by atoms with E-state index in [2.05, 4.69) is 0 Å². The fraction of sp³-hybridized carbons (Fsp3) is 0.200. The number of benzene rings is 1. The van der Waals surface area contributed by atoms with Crippen LogP contribution in [0, 0.1) is 32.0 Å². The molecule has 6 heteroatoms. The van der Waals surface area contributed by atoms with Gasteiger partial charge in [-0.3, -0.25) is 0 Å². The van der Waals surface area contributed by atoms with Gasteiger partial charge in [0, 0.05) is 6.07 Å². The van der Waals surface area contributed by atoms with Crippen LogP contribution in [0.3, 0.4) is 0 Å². The first-order valence-corrected chi connectivity index (χ1v) is 5.41. The smallest absolute Gasteiger partial charge is 0.138 e. The van der Waals surface area contributed by atoms with E-state index in [0.29, 0.717) is 14.9 Å². The zero-order valence-corrected chi connectivity index (χ0v) is 10.4. The summed E-state index contributed by atoms with van der Waals surface area (Å²) in [5.41, 5.74) is 6.45. The fourth-order valence-electron chi connectivity index (χ4n) is 1.22. The topological polar surface area (TPSA) is 76.8 Å². The van der Waals surface area contributed by atoms with Gasteiger partial charge >= 0.3 is 0 Å². The van der Waals surface area contributed by atoms with E-state index in [9.17, 15) is 4.39 Å². The van der Waals surface area contributed by atoms with E-state index in [1.54, 1.807) is 0 Å². The second kappa shape index (κ2) is 5.52. The molecule has 0 aromatic heterocycles. The molecule has 16 heavy (non-hydrogen) atoms. The van der Waals surface area contributed by atoms with E-state index in [4.69, 9.17) is 16.3 Å². The molecule has 1 aromatic rings. The van der Waals surface area contributed by atoms with Gasteiger partial charge in [0.25, 0.3) is 0 Å². The van der Waals surface area contributed by atoms with Crippen LogP contribution in [0.5, 0.6) is 0 Å². The molecule has 0 saturated heterocycles. The Kier molecular flexibility index (Phi) is 4.32. The summed E-state index contributed by atoms with van der Waals surface area (Å²) >= 11 is 1.83. The molecule has 0 heterocycles. The number of halogens is 2. The van der Waals surface area contributed by atoms with E-state index in [1.807, 2.05) is 34.7 Å². The first kappa shape index (κ1) is 12.5. The molecular formula is C10H8FIN4. The van der Waals surface area contributed by atoms with E-state index in [0.717, 1.165) is 0 Å². The molecule has 0 aliphatic heterocycles. The molecule has 0 spiro atoms. The Morgan fingerprint density at radius 2 is 1.88 bits per heavy atom. The van der Waals surface area contributed by atoms with Crippen LogP contribution >= 0.6 is 22.6 Å². The van der Waals surface area contributed by atoms with Crippen LogP contribution < -0.4 is 10.6 Å². The summed E-state index contributed by atoms with van der Waals surface area (Å²) in [5, 5.41) is 17.2.